The maximum atomic E-state index is 12.8. The van der Waals surface area contributed by atoms with Gasteiger partial charge in [0, 0.05) is 31.1 Å². The molecule has 10 heteroatoms. The molecule has 3 heterocycles. The van der Waals surface area contributed by atoms with Crippen LogP contribution in [0.5, 0.6) is 0 Å². The van der Waals surface area contributed by atoms with Gasteiger partial charge in [0.1, 0.15) is 17.0 Å². The topological polar surface area (TPSA) is 73.1 Å². The van der Waals surface area contributed by atoms with E-state index in [9.17, 15) is 18.0 Å². The molecule has 1 aliphatic rings. The van der Waals surface area contributed by atoms with Gasteiger partial charge in [0.05, 0.1) is 30.7 Å². The predicted octanol–water partition coefficient (Wildman–Crippen LogP) is 3.75. The number of anilines is 1. The fourth-order valence-electron chi connectivity index (χ4n) is 3.75. The number of benzene rings is 1. The lowest BCUT2D eigenvalue weighted by molar-refractivity contribution is -0.130. The van der Waals surface area contributed by atoms with Crippen molar-refractivity contribution in [3.8, 4) is 6.07 Å². The van der Waals surface area contributed by atoms with Crippen LogP contribution < -0.4 is 4.90 Å². The maximum Gasteiger partial charge on any atom is 0.393 e. The molecule has 0 N–H and O–H groups in total. The zero-order chi connectivity index (χ0) is 22.7. The molecule has 0 atom stereocenters. The molecule has 2 aromatic heterocycles. The van der Waals surface area contributed by atoms with E-state index in [-0.39, 0.29) is 17.2 Å². The van der Waals surface area contributed by atoms with E-state index in [1.807, 2.05) is 29.2 Å². The first kappa shape index (κ1) is 22.0. The molecule has 1 aromatic carbocycles. The van der Waals surface area contributed by atoms with Gasteiger partial charge in [-0.3, -0.25) is 4.79 Å². The van der Waals surface area contributed by atoms with Crippen LogP contribution in [0.3, 0.4) is 0 Å². The number of carbonyl (C=O) groups excluding carboxylic acids is 1. The third-order valence-corrected chi connectivity index (χ3v) is 6.37. The number of nitriles is 1. The highest BCUT2D eigenvalue weighted by Gasteiger charge is 2.30. The van der Waals surface area contributed by atoms with Gasteiger partial charge in [-0.15, -0.1) is 11.3 Å². The summed E-state index contributed by atoms with van der Waals surface area (Å²) in [4.78, 5) is 25.7. The molecule has 1 saturated heterocycles. The summed E-state index contributed by atoms with van der Waals surface area (Å²) < 4.78 is 38.3. The molecule has 0 saturated carbocycles. The number of rotatable bonds is 5. The average Bonchev–Trinajstić information content (AvgIpc) is 3.16. The molecule has 0 aliphatic carbocycles. The molecule has 0 bridgehead atoms. The van der Waals surface area contributed by atoms with E-state index < -0.39 is 12.6 Å². The third-order valence-electron chi connectivity index (χ3n) is 5.33. The maximum absolute atomic E-state index is 12.8. The largest absolute Gasteiger partial charge is 0.393 e. The SMILES string of the molecule is N#CCc1ccc(CC(=O)N2CCN(c3ncnc4sc(CC(F)(F)F)cc34)CC2)cc1. The van der Waals surface area contributed by atoms with Crippen LogP contribution in [0, 0.1) is 11.3 Å². The molecule has 4 rings (SSSR count). The van der Waals surface area contributed by atoms with E-state index in [2.05, 4.69) is 16.0 Å². The number of fused-ring (bicyclic) bond motifs is 1. The second kappa shape index (κ2) is 9.12. The van der Waals surface area contributed by atoms with E-state index in [0.29, 0.717) is 48.6 Å². The highest BCUT2D eigenvalue weighted by molar-refractivity contribution is 7.18. The van der Waals surface area contributed by atoms with Gasteiger partial charge in [0.15, 0.2) is 0 Å². The summed E-state index contributed by atoms with van der Waals surface area (Å²) >= 11 is 1.03. The first-order chi connectivity index (χ1) is 15.3. The lowest BCUT2D eigenvalue weighted by atomic mass is 10.1. The Hall–Kier alpha value is -3.19. The van der Waals surface area contributed by atoms with Crippen molar-refractivity contribution in [3.63, 3.8) is 0 Å². The van der Waals surface area contributed by atoms with Crippen LogP contribution in [0.25, 0.3) is 10.2 Å². The van der Waals surface area contributed by atoms with E-state index >= 15 is 0 Å². The molecule has 0 unspecified atom stereocenters. The number of piperazine rings is 1. The molecule has 32 heavy (non-hydrogen) atoms. The lowest BCUT2D eigenvalue weighted by Crippen LogP contribution is -2.49. The van der Waals surface area contributed by atoms with Crippen molar-refractivity contribution in [2.24, 2.45) is 0 Å². The molecule has 1 fully saturated rings. The minimum atomic E-state index is -4.27. The first-order valence-electron chi connectivity index (χ1n) is 10.1. The van der Waals surface area contributed by atoms with Crippen molar-refractivity contribution in [3.05, 3.63) is 52.7 Å². The molecule has 1 aliphatic heterocycles. The van der Waals surface area contributed by atoms with Crippen LogP contribution in [-0.4, -0.2) is 53.1 Å². The normalized spacial score (nSPS) is 14.6. The zero-order valence-corrected chi connectivity index (χ0v) is 17.9. The number of alkyl halides is 3. The van der Waals surface area contributed by atoms with Crippen LogP contribution in [0.15, 0.2) is 36.7 Å². The predicted molar refractivity (Wildman–Crippen MR) is 115 cm³/mol. The molecule has 0 spiro atoms. The fourth-order valence-corrected chi connectivity index (χ4v) is 4.77. The van der Waals surface area contributed by atoms with Crippen molar-refractivity contribution in [1.82, 2.24) is 14.9 Å². The fraction of sp³-hybridized carbons (Fsp3) is 0.364. The van der Waals surface area contributed by atoms with E-state index in [1.54, 1.807) is 4.90 Å². The van der Waals surface area contributed by atoms with Gasteiger partial charge in [0.25, 0.3) is 0 Å². The Bertz CT molecular complexity index is 1150. The van der Waals surface area contributed by atoms with Gasteiger partial charge >= 0.3 is 6.18 Å². The second-order valence-electron chi connectivity index (χ2n) is 7.62. The molecule has 166 valence electrons. The minimum absolute atomic E-state index is 0.0218. The van der Waals surface area contributed by atoms with Gasteiger partial charge in [-0.1, -0.05) is 24.3 Å². The van der Waals surface area contributed by atoms with E-state index in [1.165, 1.54) is 12.4 Å². The highest BCUT2D eigenvalue weighted by Crippen LogP contribution is 2.34. The zero-order valence-electron chi connectivity index (χ0n) is 17.1. The summed E-state index contributed by atoms with van der Waals surface area (Å²) in [6, 6.07) is 11.1. The smallest absolute Gasteiger partial charge is 0.352 e. The molecular formula is C22H20F3N5OS. The van der Waals surface area contributed by atoms with E-state index in [4.69, 9.17) is 5.26 Å². The number of nitrogens with zero attached hydrogens (tertiary/aromatic N) is 5. The number of halogens is 3. The Morgan fingerprint density at radius 2 is 1.78 bits per heavy atom. The van der Waals surface area contributed by atoms with Gasteiger partial charge in [0.2, 0.25) is 5.91 Å². The number of hydrogen-bond acceptors (Lipinski definition) is 6. The standard InChI is InChI=1S/C22H20F3N5OS/c23-22(24,25)13-17-12-18-20(27-14-28-21(18)32-17)30-9-7-29(8-10-30)19(31)11-16-3-1-15(2-4-16)5-6-26/h1-4,12,14H,5,7-11,13H2. The molecule has 0 radical (unpaired) electrons. The summed E-state index contributed by atoms with van der Waals surface area (Å²) in [5.74, 6) is 0.633. The quantitative estimate of drug-likeness (QED) is 0.581. The van der Waals surface area contributed by atoms with Gasteiger partial charge in [-0.25, -0.2) is 9.97 Å². The van der Waals surface area contributed by atoms with Crippen molar-refractivity contribution in [2.75, 3.05) is 31.1 Å². The van der Waals surface area contributed by atoms with Crippen molar-refractivity contribution >= 4 is 33.3 Å². The van der Waals surface area contributed by atoms with Crippen LogP contribution in [0.2, 0.25) is 0 Å². The van der Waals surface area contributed by atoms with Crippen LogP contribution in [0.1, 0.15) is 16.0 Å². The lowest BCUT2D eigenvalue weighted by Gasteiger charge is -2.35. The first-order valence-corrected chi connectivity index (χ1v) is 10.9. The van der Waals surface area contributed by atoms with E-state index in [0.717, 1.165) is 22.5 Å². The molecule has 1 amide bonds. The summed E-state index contributed by atoms with van der Waals surface area (Å²) in [6.45, 7) is 2.11. The van der Waals surface area contributed by atoms with Gasteiger partial charge in [-0.05, 0) is 17.2 Å². The van der Waals surface area contributed by atoms with Crippen LogP contribution >= 0.6 is 11.3 Å². The summed E-state index contributed by atoms with van der Waals surface area (Å²) in [5.41, 5.74) is 1.81. The van der Waals surface area contributed by atoms with Crippen molar-refractivity contribution in [1.29, 1.82) is 5.26 Å². The molecular weight excluding hydrogens is 439 g/mol. The summed E-state index contributed by atoms with van der Waals surface area (Å²) in [7, 11) is 0. The summed E-state index contributed by atoms with van der Waals surface area (Å²) in [5, 5.41) is 9.36. The Morgan fingerprint density at radius 3 is 2.44 bits per heavy atom. The number of aromatic nitrogens is 2. The minimum Gasteiger partial charge on any atom is -0.352 e. The average molecular weight is 459 g/mol. The molecule has 6 nitrogen and oxygen atoms in total. The Morgan fingerprint density at radius 1 is 1.09 bits per heavy atom. The van der Waals surface area contributed by atoms with Gasteiger partial charge in [-0.2, -0.15) is 18.4 Å². The number of amides is 1. The Labute approximate surface area is 186 Å². The monoisotopic (exact) mass is 459 g/mol. The third kappa shape index (κ3) is 5.16. The van der Waals surface area contributed by atoms with Crippen LogP contribution in [-0.2, 0) is 24.1 Å². The Balaban J connectivity index is 1.39. The number of hydrogen-bond donors (Lipinski definition) is 0. The summed E-state index contributed by atoms with van der Waals surface area (Å²) in [6.07, 6.45) is -3.24. The number of carbonyl (C=O) groups is 1. The Kier molecular flexibility index (Phi) is 6.28. The molecule has 3 aromatic rings. The highest BCUT2D eigenvalue weighted by atomic mass is 32.1. The van der Waals surface area contributed by atoms with Crippen molar-refractivity contribution < 1.29 is 18.0 Å². The van der Waals surface area contributed by atoms with Gasteiger partial charge < -0.3 is 9.80 Å². The van der Waals surface area contributed by atoms with Crippen LogP contribution in [0.4, 0.5) is 19.0 Å². The second-order valence-corrected chi connectivity index (χ2v) is 8.73. The number of thiophene rings is 1. The van der Waals surface area contributed by atoms with Crippen molar-refractivity contribution in [2.45, 2.75) is 25.4 Å².